The lowest BCUT2D eigenvalue weighted by atomic mass is 10.0. The summed E-state index contributed by atoms with van der Waals surface area (Å²) in [4.78, 5) is 29.3. The predicted molar refractivity (Wildman–Crippen MR) is 125 cm³/mol. The summed E-state index contributed by atoms with van der Waals surface area (Å²) in [5.74, 6) is 2.38. The summed E-state index contributed by atoms with van der Waals surface area (Å²) >= 11 is 0. The number of carbonyl (C=O) groups is 1. The van der Waals surface area contributed by atoms with Crippen LogP contribution in [0.1, 0.15) is 35.7 Å². The Morgan fingerprint density at radius 1 is 0.909 bits per heavy atom. The van der Waals surface area contributed by atoms with Crippen molar-refractivity contribution in [2.75, 3.05) is 37.9 Å². The van der Waals surface area contributed by atoms with Gasteiger partial charge in [0.2, 0.25) is 6.79 Å². The molecule has 170 valence electrons. The zero-order valence-electron chi connectivity index (χ0n) is 18.7. The lowest BCUT2D eigenvalue weighted by Crippen LogP contribution is -2.49. The van der Waals surface area contributed by atoms with E-state index < -0.39 is 0 Å². The Morgan fingerprint density at radius 2 is 1.64 bits per heavy atom. The molecule has 0 aliphatic carbocycles. The molecule has 33 heavy (non-hydrogen) atoms. The molecule has 0 spiro atoms. The molecule has 0 radical (unpaired) electrons. The number of hydrogen-bond donors (Lipinski definition) is 0. The quantitative estimate of drug-likeness (QED) is 0.613. The van der Waals surface area contributed by atoms with E-state index in [-0.39, 0.29) is 18.3 Å². The van der Waals surface area contributed by atoms with E-state index in [1.54, 1.807) is 30.3 Å². The summed E-state index contributed by atoms with van der Waals surface area (Å²) in [5.41, 5.74) is 2.37. The van der Waals surface area contributed by atoms with Gasteiger partial charge in [-0.2, -0.15) is 4.68 Å². The van der Waals surface area contributed by atoms with Gasteiger partial charge in [-0.05, 0) is 47.9 Å². The Kier molecular flexibility index (Phi) is 5.50. The number of rotatable bonds is 4. The first kappa shape index (κ1) is 21.1. The van der Waals surface area contributed by atoms with Crippen molar-refractivity contribution in [1.82, 2.24) is 14.7 Å². The first-order chi connectivity index (χ1) is 16.0. The Balaban J connectivity index is 1.28. The second-order valence-corrected chi connectivity index (χ2v) is 8.54. The van der Waals surface area contributed by atoms with E-state index >= 15 is 0 Å². The van der Waals surface area contributed by atoms with E-state index in [0.29, 0.717) is 49.2 Å². The summed E-state index contributed by atoms with van der Waals surface area (Å²) in [7, 11) is 0. The van der Waals surface area contributed by atoms with Gasteiger partial charge in [-0.3, -0.25) is 9.59 Å². The molecule has 3 heterocycles. The highest BCUT2D eigenvalue weighted by Crippen LogP contribution is 2.33. The molecular weight excluding hydrogens is 420 g/mol. The summed E-state index contributed by atoms with van der Waals surface area (Å²) in [6.45, 7) is 6.85. The van der Waals surface area contributed by atoms with E-state index in [2.05, 4.69) is 23.8 Å². The Bertz CT molecular complexity index is 1230. The molecule has 2 aliphatic rings. The molecule has 1 amide bonds. The highest BCUT2D eigenvalue weighted by atomic mass is 16.7. The third kappa shape index (κ3) is 4.16. The summed E-state index contributed by atoms with van der Waals surface area (Å²) < 4.78 is 12.1. The largest absolute Gasteiger partial charge is 0.454 e. The van der Waals surface area contributed by atoms with E-state index in [4.69, 9.17) is 9.47 Å². The number of piperazine rings is 1. The lowest BCUT2D eigenvalue weighted by Gasteiger charge is -2.35. The van der Waals surface area contributed by atoms with Gasteiger partial charge in [0.15, 0.2) is 11.5 Å². The van der Waals surface area contributed by atoms with Crippen molar-refractivity contribution in [2.45, 2.75) is 19.8 Å². The normalized spacial score (nSPS) is 15.2. The average molecular weight is 447 g/mol. The van der Waals surface area contributed by atoms with Crippen molar-refractivity contribution in [1.29, 1.82) is 0 Å². The maximum atomic E-state index is 13.0. The van der Waals surface area contributed by atoms with Gasteiger partial charge in [-0.25, -0.2) is 0 Å². The Labute approximate surface area is 192 Å². The lowest BCUT2D eigenvalue weighted by molar-refractivity contribution is 0.0746. The minimum absolute atomic E-state index is 0.0314. The fourth-order valence-electron chi connectivity index (χ4n) is 4.11. The van der Waals surface area contributed by atoms with Crippen LogP contribution in [0.2, 0.25) is 0 Å². The van der Waals surface area contributed by atoms with Crippen LogP contribution in [-0.4, -0.2) is 53.6 Å². The SMILES string of the molecule is CC(C)c1ccc(-n2nc(N3CCN(C(=O)c4ccc5c(c4)OCO5)CC3)ccc2=O)cc1. The monoisotopic (exact) mass is 446 g/mol. The summed E-state index contributed by atoms with van der Waals surface area (Å²) in [5, 5.41) is 4.60. The fraction of sp³-hybridized carbons (Fsp3) is 0.320. The fourth-order valence-corrected chi connectivity index (χ4v) is 4.11. The highest BCUT2D eigenvalue weighted by Gasteiger charge is 2.25. The number of fused-ring (bicyclic) bond motifs is 1. The molecule has 1 fully saturated rings. The molecular formula is C25H26N4O4. The standard InChI is InChI=1S/C25H26N4O4/c1-17(2)18-3-6-20(7-4-18)29-24(30)10-9-23(26-29)27-11-13-28(14-12-27)25(31)19-5-8-21-22(15-19)33-16-32-21/h3-10,15,17H,11-14,16H2,1-2H3. The molecule has 0 N–H and O–H groups in total. The summed E-state index contributed by atoms with van der Waals surface area (Å²) in [6.07, 6.45) is 0. The Morgan fingerprint density at radius 3 is 2.36 bits per heavy atom. The van der Waals surface area contributed by atoms with Crippen LogP contribution >= 0.6 is 0 Å². The van der Waals surface area contributed by atoms with Gasteiger partial charge in [0, 0.05) is 37.8 Å². The molecule has 8 heteroatoms. The average Bonchev–Trinajstić information content (AvgIpc) is 3.32. The number of carbonyl (C=O) groups excluding carboxylic acids is 1. The molecule has 2 aliphatic heterocycles. The number of aromatic nitrogens is 2. The van der Waals surface area contributed by atoms with Crippen LogP contribution in [0.25, 0.3) is 5.69 Å². The van der Waals surface area contributed by atoms with Crippen molar-refractivity contribution in [3.8, 4) is 17.2 Å². The Hall–Kier alpha value is -3.81. The molecule has 8 nitrogen and oxygen atoms in total. The van der Waals surface area contributed by atoms with Gasteiger partial charge in [0.25, 0.3) is 11.5 Å². The maximum absolute atomic E-state index is 13.0. The third-order valence-corrected chi connectivity index (χ3v) is 6.10. The molecule has 0 atom stereocenters. The first-order valence-corrected chi connectivity index (χ1v) is 11.1. The topological polar surface area (TPSA) is 76.9 Å². The summed E-state index contributed by atoms with van der Waals surface area (Å²) in [6, 6.07) is 16.5. The number of ether oxygens (including phenoxy) is 2. The smallest absolute Gasteiger partial charge is 0.271 e. The molecule has 0 bridgehead atoms. The second-order valence-electron chi connectivity index (χ2n) is 8.54. The van der Waals surface area contributed by atoms with Gasteiger partial charge >= 0.3 is 0 Å². The third-order valence-electron chi connectivity index (χ3n) is 6.10. The minimum Gasteiger partial charge on any atom is -0.454 e. The molecule has 1 saturated heterocycles. The zero-order valence-corrected chi connectivity index (χ0v) is 18.7. The van der Waals surface area contributed by atoms with Crippen molar-refractivity contribution >= 4 is 11.7 Å². The molecule has 1 aromatic heterocycles. The first-order valence-electron chi connectivity index (χ1n) is 11.1. The van der Waals surface area contributed by atoms with E-state index in [1.165, 1.54) is 10.2 Å². The van der Waals surface area contributed by atoms with E-state index in [9.17, 15) is 9.59 Å². The van der Waals surface area contributed by atoms with E-state index in [1.807, 2.05) is 29.2 Å². The van der Waals surface area contributed by atoms with Gasteiger partial charge < -0.3 is 19.3 Å². The number of amides is 1. The number of hydrogen-bond acceptors (Lipinski definition) is 6. The highest BCUT2D eigenvalue weighted by molar-refractivity contribution is 5.95. The molecule has 0 unspecified atom stereocenters. The predicted octanol–water partition coefficient (Wildman–Crippen LogP) is 3.05. The van der Waals surface area contributed by atoms with E-state index in [0.717, 1.165) is 11.5 Å². The maximum Gasteiger partial charge on any atom is 0.271 e. The number of nitrogens with zero attached hydrogens (tertiary/aromatic N) is 4. The molecule has 2 aromatic carbocycles. The number of anilines is 1. The minimum atomic E-state index is -0.173. The van der Waals surface area contributed by atoms with Crippen LogP contribution in [0.3, 0.4) is 0 Å². The van der Waals surface area contributed by atoms with Crippen LogP contribution in [0, 0.1) is 0 Å². The van der Waals surface area contributed by atoms with Crippen LogP contribution in [0.5, 0.6) is 11.5 Å². The zero-order chi connectivity index (χ0) is 22.9. The van der Waals surface area contributed by atoms with Gasteiger partial charge in [0.1, 0.15) is 5.82 Å². The van der Waals surface area contributed by atoms with Crippen molar-refractivity contribution < 1.29 is 14.3 Å². The van der Waals surface area contributed by atoms with Gasteiger partial charge in [-0.15, -0.1) is 5.10 Å². The number of benzene rings is 2. The van der Waals surface area contributed by atoms with Crippen LogP contribution in [-0.2, 0) is 0 Å². The van der Waals surface area contributed by atoms with Crippen molar-refractivity contribution in [3.63, 3.8) is 0 Å². The van der Waals surface area contributed by atoms with Crippen molar-refractivity contribution in [3.05, 3.63) is 76.1 Å². The van der Waals surface area contributed by atoms with Crippen LogP contribution in [0.15, 0.2) is 59.4 Å². The van der Waals surface area contributed by atoms with Gasteiger partial charge in [-0.1, -0.05) is 26.0 Å². The molecule has 3 aromatic rings. The molecule has 0 saturated carbocycles. The van der Waals surface area contributed by atoms with Crippen LogP contribution in [0.4, 0.5) is 5.82 Å². The second kappa shape index (κ2) is 8.61. The van der Waals surface area contributed by atoms with Crippen LogP contribution < -0.4 is 19.9 Å². The molecule has 5 rings (SSSR count). The van der Waals surface area contributed by atoms with Gasteiger partial charge in [0.05, 0.1) is 5.69 Å². The van der Waals surface area contributed by atoms with Crippen molar-refractivity contribution in [2.24, 2.45) is 0 Å².